The summed E-state index contributed by atoms with van der Waals surface area (Å²) < 4.78 is 1.67. The van der Waals surface area contributed by atoms with E-state index in [1.54, 1.807) is 17.1 Å². The van der Waals surface area contributed by atoms with E-state index in [-0.39, 0.29) is 0 Å². The second-order valence-corrected chi connectivity index (χ2v) is 4.02. The Kier molecular flexibility index (Phi) is 2.52. The normalized spacial score (nSPS) is 10.9. The summed E-state index contributed by atoms with van der Waals surface area (Å²) in [5.74, 6) is 0.403. The van der Waals surface area contributed by atoms with Crippen LogP contribution in [0, 0.1) is 0 Å². The molecule has 0 aromatic carbocycles. The van der Waals surface area contributed by atoms with Crippen molar-refractivity contribution in [1.29, 1.82) is 0 Å². The van der Waals surface area contributed by atoms with Crippen LogP contribution in [0.25, 0.3) is 11.0 Å². The zero-order chi connectivity index (χ0) is 12.5. The van der Waals surface area contributed by atoms with Crippen molar-refractivity contribution in [2.75, 3.05) is 5.73 Å². The van der Waals surface area contributed by atoms with Gasteiger partial charge in [-0.05, 0) is 0 Å². The van der Waals surface area contributed by atoms with Crippen LogP contribution >= 0.6 is 11.6 Å². The number of hydrogen-bond acceptors (Lipinski definition) is 6. The molecule has 0 saturated heterocycles. The zero-order valence-electron chi connectivity index (χ0n) is 9.16. The molecule has 0 fully saturated rings. The molecule has 7 nitrogen and oxygen atoms in total. The third-order valence-corrected chi connectivity index (χ3v) is 2.82. The molecule has 0 aliphatic carbocycles. The Morgan fingerprint density at radius 1 is 1.17 bits per heavy atom. The summed E-state index contributed by atoms with van der Waals surface area (Å²) in [6.45, 7) is 0.404. The summed E-state index contributed by atoms with van der Waals surface area (Å²) in [4.78, 5) is 16.0. The van der Waals surface area contributed by atoms with Gasteiger partial charge in [-0.2, -0.15) is 5.10 Å². The van der Waals surface area contributed by atoms with E-state index in [1.807, 2.05) is 0 Å². The lowest BCUT2D eigenvalue weighted by atomic mass is 10.4. The molecule has 3 rings (SSSR count). The molecule has 0 spiro atoms. The lowest BCUT2D eigenvalue weighted by molar-refractivity contribution is 0.687. The Morgan fingerprint density at radius 2 is 2.06 bits per heavy atom. The Hall–Kier alpha value is -2.28. The maximum Gasteiger partial charge on any atom is 0.163 e. The van der Waals surface area contributed by atoms with Crippen molar-refractivity contribution in [3.63, 3.8) is 0 Å². The van der Waals surface area contributed by atoms with Gasteiger partial charge < -0.3 is 5.73 Å². The standard InChI is InChI=1S/C10H8ClN7/c11-7-2-13-4-14-8(7)3-18-10-6(1-17-18)9(12)15-5-16-10/h1-2,4-5H,3H2,(H2,12,15,16). The van der Waals surface area contributed by atoms with Gasteiger partial charge in [0.05, 0.1) is 28.8 Å². The molecule has 2 N–H and O–H groups in total. The number of hydrogen-bond donors (Lipinski definition) is 1. The maximum atomic E-state index is 6.00. The summed E-state index contributed by atoms with van der Waals surface area (Å²) in [5, 5.41) is 5.41. The summed E-state index contributed by atoms with van der Waals surface area (Å²) >= 11 is 6.00. The van der Waals surface area contributed by atoms with Gasteiger partial charge in [0.2, 0.25) is 0 Å². The van der Waals surface area contributed by atoms with Gasteiger partial charge in [0, 0.05) is 6.20 Å². The molecule has 0 atom stereocenters. The molecule has 3 aromatic rings. The monoisotopic (exact) mass is 261 g/mol. The van der Waals surface area contributed by atoms with E-state index in [2.05, 4.69) is 25.0 Å². The van der Waals surface area contributed by atoms with Crippen LogP contribution < -0.4 is 5.73 Å². The van der Waals surface area contributed by atoms with Crippen molar-refractivity contribution in [1.82, 2.24) is 29.7 Å². The van der Waals surface area contributed by atoms with Crippen LogP contribution in [0.1, 0.15) is 5.69 Å². The quantitative estimate of drug-likeness (QED) is 0.736. The Bertz CT molecular complexity index is 708. The molecule has 0 aliphatic rings. The van der Waals surface area contributed by atoms with E-state index < -0.39 is 0 Å². The number of nitrogens with two attached hydrogens (primary N) is 1. The van der Waals surface area contributed by atoms with E-state index in [0.29, 0.717) is 34.1 Å². The van der Waals surface area contributed by atoms with Gasteiger partial charge in [-0.15, -0.1) is 0 Å². The van der Waals surface area contributed by atoms with Crippen LogP contribution in [0.4, 0.5) is 5.82 Å². The van der Waals surface area contributed by atoms with Crippen LogP contribution in [0.5, 0.6) is 0 Å². The van der Waals surface area contributed by atoms with Gasteiger partial charge in [0.15, 0.2) is 5.65 Å². The number of anilines is 1. The molecule has 0 unspecified atom stereocenters. The molecule has 90 valence electrons. The summed E-state index contributed by atoms with van der Waals surface area (Å²) in [6, 6.07) is 0. The number of fused-ring (bicyclic) bond motifs is 1. The second kappa shape index (κ2) is 4.19. The van der Waals surface area contributed by atoms with Gasteiger partial charge in [0.25, 0.3) is 0 Å². The highest BCUT2D eigenvalue weighted by molar-refractivity contribution is 6.31. The molecule has 8 heteroatoms. The summed E-state index contributed by atoms with van der Waals surface area (Å²) in [7, 11) is 0. The molecule has 18 heavy (non-hydrogen) atoms. The van der Waals surface area contributed by atoms with Gasteiger partial charge in [-0.25, -0.2) is 24.6 Å². The molecular formula is C10H8ClN7. The number of rotatable bonds is 2. The fourth-order valence-electron chi connectivity index (χ4n) is 1.62. The zero-order valence-corrected chi connectivity index (χ0v) is 9.91. The average Bonchev–Trinajstić information content (AvgIpc) is 2.77. The average molecular weight is 262 g/mol. The van der Waals surface area contributed by atoms with Gasteiger partial charge in [-0.3, -0.25) is 0 Å². The minimum Gasteiger partial charge on any atom is -0.383 e. The Balaban J connectivity index is 2.06. The van der Waals surface area contributed by atoms with Gasteiger partial charge in [0.1, 0.15) is 18.5 Å². The van der Waals surface area contributed by atoms with Crippen LogP contribution in [0.15, 0.2) is 25.0 Å². The molecule has 0 bridgehead atoms. The third-order valence-electron chi connectivity index (χ3n) is 2.51. The summed E-state index contributed by atoms with van der Waals surface area (Å²) in [5.41, 5.74) is 7.06. The first-order valence-corrected chi connectivity index (χ1v) is 5.50. The number of nitrogens with zero attached hydrogens (tertiary/aromatic N) is 6. The van der Waals surface area contributed by atoms with Gasteiger partial charge >= 0.3 is 0 Å². The smallest absolute Gasteiger partial charge is 0.163 e. The number of aromatic nitrogens is 6. The van der Waals surface area contributed by atoms with Crippen molar-refractivity contribution in [2.24, 2.45) is 0 Å². The van der Waals surface area contributed by atoms with E-state index in [1.165, 1.54) is 12.7 Å². The Morgan fingerprint density at radius 3 is 2.89 bits per heavy atom. The molecule has 0 amide bonds. The number of halogens is 1. The number of nitrogen functional groups attached to an aromatic ring is 1. The minimum absolute atomic E-state index is 0.403. The molecule has 3 aromatic heterocycles. The van der Waals surface area contributed by atoms with E-state index in [4.69, 9.17) is 17.3 Å². The predicted molar refractivity (Wildman–Crippen MR) is 65.9 cm³/mol. The van der Waals surface area contributed by atoms with Crippen molar-refractivity contribution in [3.8, 4) is 0 Å². The van der Waals surface area contributed by atoms with Crippen LogP contribution in [-0.2, 0) is 6.54 Å². The van der Waals surface area contributed by atoms with Crippen molar-refractivity contribution in [3.05, 3.63) is 35.8 Å². The summed E-state index contributed by atoms with van der Waals surface area (Å²) in [6.07, 6.45) is 6.01. The Labute approximate surface area is 107 Å². The highest BCUT2D eigenvalue weighted by atomic mass is 35.5. The van der Waals surface area contributed by atoms with Crippen LogP contribution in [0.3, 0.4) is 0 Å². The first-order valence-electron chi connectivity index (χ1n) is 5.12. The maximum absolute atomic E-state index is 6.00. The largest absolute Gasteiger partial charge is 0.383 e. The first-order chi connectivity index (χ1) is 8.75. The first kappa shape index (κ1) is 10.8. The molecular weight excluding hydrogens is 254 g/mol. The highest BCUT2D eigenvalue weighted by Gasteiger charge is 2.10. The highest BCUT2D eigenvalue weighted by Crippen LogP contribution is 2.18. The fraction of sp³-hybridized carbons (Fsp3) is 0.100. The SMILES string of the molecule is Nc1ncnc2c1cnn2Cc1ncncc1Cl. The van der Waals surface area contributed by atoms with Crippen LogP contribution in [-0.4, -0.2) is 29.7 Å². The molecule has 3 heterocycles. The van der Waals surface area contributed by atoms with Gasteiger partial charge in [-0.1, -0.05) is 11.6 Å². The van der Waals surface area contributed by atoms with Crippen molar-refractivity contribution < 1.29 is 0 Å². The fourth-order valence-corrected chi connectivity index (χ4v) is 1.79. The minimum atomic E-state index is 0.403. The molecule has 0 aliphatic heterocycles. The van der Waals surface area contributed by atoms with Crippen LogP contribution in [0.2, 0.25) is 5.02 Å². The topological polar surface area (TPSA) is 95.4 Å². The lowest BCUT2D eigenvalue weighted by Crippen LogP contribution is -2.05. The molecule has 0 radical (unpaired) electrons. The second-order valence-electron chi connectivity index (χ2n) is 3.62. The third kappa shape index (κ3) is 1.74. The molecule has 0 saturated carbocycles. The van der Waals surface area contributed by atoms with E-state index in [9.17, 15) is 0 Å². The van der Waals surface area contributed by atoms with Crippen molar-refractivity contribution in [2.45, 2.75) is 6.54 Å². The predicted octanol–water partition coefficient (Wildman–Crippen LogP) is 0.900. The lowest BCUT2D eigenvalue weighted by Gasteiger charge is -2.03. The van der Waals surface area contributed by atoms with E-state index in [0.717, 1.165) is 0 Å². The van der Waals surface area contributed by atoms with E-state index >= 15 is 0 Å². The van der Waals surface area contributed by atoms with Crippen molar-refractivity contribution >= 4 is 28.5 Å².